The fourth-order valence-corrected chi connectivity index (χ4v) is 2.52. The molecule has 0 bridgehead atoms. The number of methoxy groups -OCH3 is 1. The number of H-pyrrole nitrogens is 1. The molecule has 0 saturated heterocycles. The van der Waals surface area contributed by atoms with Gasteiger partial charge in [0.25, 0.3) is 0 Å². The highest BCUT2D eigenvalue weighted by atomic mass is 32.1. The second-order valence-corrected chi connectivity index (χ2v) is 4.27. The number of thiophene rings is 1. The Bertz CT molecular complexity index is 495. The van der Waals surface area contributed by atoms with Gasteiger partial charge in [-0.1, -0.05) is 0 Å². The maximum absolute atomic E-state index is 11.3. The average molecular weight is 209 g/mol. The van der Waals surface area contributed by atoms with E-state index in [0.717, 1.165) is 15.9 Å². The number of aromatic nitrogens is 1. The minimum Gasteiger partial charge on any atom is -0.465 e. The number of carbonyl (C=O) groups excluding carboxylic acids is 1. The molecular weight excluding hydrogens is 198 g/mol. The largest absolute Gasteiger partial charge is 0.465 e. The standard InChI is InChI=1S/C10H11NO2S/c1-5-6(2)11-7-4-8(10(12)13-3)14-9(5)7/h4,11H,1-3H3. The van der Waals surface area contributed by atoms with E-state index in [1.807, 2.05) is 19.9 Å². The van der Waals surface area contributed by atoms with E-state index in [-0.39, 0.29) is 5.97 Å². The number of nitrogens with one attached hydrogen (secondary N) is 1. The second kappa shape index (κ2) is 3.13. The molecule has 0 saturated carbocycles. The number of aryl methyl sites for hydroxylation is 2. The first-order valence-electron chi connectivity index (χ1n) is 4.30. The first kappa shape index (κ1) is 9.27. The fraction of sp³-hybridized carbons (Fsp3) is 0.300. The van der Waals surface area contributed by atoms with E-state index in [0.29, 0.717) is 4.88 Å². The number of aromatic amines is 1. The number of esters is 1. The Morgan fingerprint density at radius 1 is 1.50 bits per heavy atom. The van der Waals surface area contributed by atoms with Crippen LogP contribution in [0.4, 0.5) is 0 Å². The summed E-state index contributed by atoms with van der Waals surface area (Å²) in [6, 6.07) is 1.84. The SMILES string of the molecule is COC(=O)c1cc2[nH]c(C)c(C)c2s1. The van der Waals surface area contributed by atoms with Gasteiger partial charge in [0.15, 0.2) is 0 Å². The number of carbonyl (C=O) groups is 1. The Labute approximate surface area is 85.7 Å². The molecule has 0 aromatic carbocycles. The molecule has 2 aromatic rings. The van der Waals surface area contributed by atoms with Gasteiger partial charge in [-0.15, -0.1) is 11.3 Å². The van der Waals surface area contributed by atoms with E-state index in [1.165, 1.54) is 24.0 Å². The van der Waals surface area contributed by atoms with Crippen LogP contribution in [0.2, 0.25) is 0 Å². The molecule has 3 nitrogen and oxygen atoms in total. The Morgan fingerprint density at radius 2 is 2.21 bits per heavy atom. The molecule has 2 rings (SSSR count). The van der Waals surface area contributed by atoms with Gasteiger partial charge in [-0.3, -0.25) is 0 Å². The van der Waals surface area contributed by atoms with Gasteiger partial charge in [-0.2, -0.15) is 0 Å². The zero-order valence-corrected chi connectivity index (χ0v) is 9.12. The highest BCUT2D eigenvalue weighted by Gasteiger charge is 2.13. The van der Waals surface area contributed by atoms with Gasteiger partial charge in [-0.25, -0.2) is 4.79 Å². The third-order valence-corrected chi connectivity index (χ3v) is 3.58. The summed E-state index contributed by atoms with van der Waals surface area (Å²) in [6.07, 6.45) is 0. The van der Waals surface area contributed by atoms with Crippen LogP contribution in [0.1, 0.15) is 20.9 Å². The molecule has 0 fully saturated rings. The predicted molar refractivity (Wildman–Crippen MR) is 57.0 cm³/mol. The van der Waals surface area contributed by atoms with Crippen molar-refractivity contribution in [2.45, 2.75) is 13.8 Å². The summed E-state index contributed by atoms with van der Waals surface area (Å²) >= 11 is 1.47. The summed E-state index contributed by atoms with van der Waals surface area (Å²) in [6.45, 7) is 4.07. The van der Waals surface area contributed by atoms with Crippen molar-refractivity contribution in [3.8, 4) is 0 Å². The average Bonchev–Trinajstić information content (AvgIpc) is 2.68. The van der Waals surface area contributed by atoms with Crippen molar-refractivity contribution >= 4 is 27.5 Å². The lowest BCUT2D eigenvalue weighted by Gasteiger charge is -1.92. The van der Waals surface area contributed by atoms with Crippen LogP contribution in [0.15, 0.2) is 6.07 Å². The smallest absolute Gasteiger partial charge is 0.348 e. The molecular formula is C10H11NO2S. The fourth-order valence-electron chi connectivity index (χ4n) is 1.43. The van der Waals surface area contributed by atoms with E-state index in [9.17, 15) is 4.79 Å². The lowest BCUT2D eigenvalue weighted by atomic mass is 10.3. The van der Waals surface area contributed by atoms with Crippen molar-refractivity contribution in [2.24, 2.45) is 0 Å². The van der Waals surface area contributed by atoms with Crippen molar-refractivity contribution in [2.75, 3.05) is 7.11 Å². The zero-order chi connectivity index (χ0) is 10.3. The van der Waals surface area contributed by atoms with Crippen LogP contribution in [-0.2, 0) is 4.74 Å². The molecule has 0 unspecified atom stereocenters. The van der Waals surface area contributed by atoms with Gasteiger partial charge in [0.2, 0.25) is 0 Å². The first-order valence-corrected chi connectivity index (χ1v) is 5.12. The monoisotopic (exact) mass is 209 g/mol. The number of ether oxygens (including phenoxy) is 1. The van der Waals surface area contributed by atoms with Gasteiger partial charge in [0, 0.05) is 5.69 Å². The third-order valence-electron chi connectivity index (χ3n) is 2.34. The van der Waals surface area contributed by atoms with E-state index in [2.05, 4.69) is 9.72 Å². The first-order chi connectivity index (χ1) is 6.63. The maximum Gasteiger partial charge on any atom is 0.348 e. The van der Waals surface area contributed by atoms with Crippen LogP contribution in [0.3, 0.4) is 0 Å². The summed E-state index contributed by atoms with van der Waals surface area (Å²) < 4.78 is 5.80. The van der Waals surface area contributed by atoms with Crippen LogP contribution < -0.4 is 0 Å². The molecule has 4 heteroatoms. The van der Waals surface area contributed by atoms with Gasteiger partial charge in [-0.05, 0) is 25.5 Å². The Balaban J connectivity index is 2.59. The minimum atomic E-state index is -0.267. The van der Waals surface area contributed by atoms with Crippen molar-refractivity contribution < 1.29 is 9.53 Å². The Morgan fingerprint density at radius 3 is 2.79 bits per heavy atom. The summed E-state index contributed by atoms with van der Waals surface area (Å²) in [4.78, 5) is 15.1. The molecule has 2 aromatic heterocycles. The molecule has 0 radical (unpaired) electrons. The molecule has 1 N–H and O–H groups in total. The van der Waals surface area contributed by atoms with E-state index in [4.69, 9.17) is 0 Å². The van der Waals surface area contributed by atoms with Crippen molar-refractivity contribution in [1.82, 2.24) is 4.98 Å². The van der Waals surface area contributed by atoms with E-state index in [1.54, 1.807) is 0 Å². The van der Waals surface area contributed by atoms with E-state index >= 15 is 0 Å². The second-order valence-electron chi connectivity index (χ2n) is 3.22. The molecule has 14 heavy (non-hydrogen) atoms. The molecule has 0 spiro atoms. The lowest BCUT2D eigenvalue weighted by Crippen LogP contribution is -1.96. The molecule has 0 atom stereocenters. The van der Waals surface area contributed by atoms with Gasteiger partial charge in [0.05, 0.1) is 17.3 Å². The molecule has 0 aliphatic heterocycles. The zero-order valence-electron chi connectivity index (χ0n) is 8.30. The molecule has 0 aliphatic rings. The summed E-state index contributed by atoms with van der Waals surface area (Å²) in [5.74, 6) is -0.267. The highest BCUT2D eigenvalue weighted by molar-refractivity contribution is 7.20. The van der Waals surface area contributed by atoms with Gasteiger partial charge < -0.3 is 9.72 Å². The molecule has 74 valence electrons. The quantitative estimate of drug-likeness (QED) is 0.733. The van der Waals surface area contributed by atoms with Crippen molar-refractivity contribution in [1.29, 1.82) is 0 Å². The predicted octanol–water partition coefficient (Wildman–Crippen LogP) is 2.63. The van der Waals surface area contributed by atoms with Crippen LogP contribution in [0, 0.1) is 13.8 Å². The molecule has 2 heterocycles. The van der Waals surface area contributed by atoms with Crippen LogP contribution in [0.25, 0.3) is 10.2 Å². The topological polar surface area (TPSA) is 42.1 Å². The van der Waals surface area contributed by atoms with Gasteiger partial charge in [0.1, 0.15) is 4.88 Å². The maximum atomic E-state index is 11.3. The van der Waals surface area contributed by atoms with Crippen LogP contribution in [0.5, 0.6) is 0 Å². The normalized spacial score (nSPS) is 10.8. The summed E-state index contributed by atoms with van der Waals surface area (Å²) in [5.41, 5.74) is 3.38. The van der Waals surface area contributed by atoms with Crippen LogP contribution >= 0.6 is 11.3 Å². The Hall–Kier alpha value is -1.29. The van der Waals surface area contributed by atoms with Crippen LogP contribution in [-0.4, -0.2) is 18.1 Å². The lowest BCUT2D eigenvalue weighted by molar-refractivity contribution is 0.0606. The van der Waals surface area contributed by atoms with Crippen molar-refractivity contribution in [3.05, 3.63) is 22.2 Å². The molecule has 0 amide bonds. The summed E-state index contributed by atoms with van der Waals surface area (Å²) in [7, 11) is 1.40. The third kappa shape index (κ3) is 1.23. The Kier molecular flexibility index (Phi) is 2.07. The van der Waals surface area contributed by atoms with E-state index < -0.39 is 0 Å². The number of rotatable bonds is 1. The van der Waals surface area contributed by atoms with Crippen molar-refractivity contribution in [3.63, 3.8) is 0 Å². The number of hydrogen-bond acceptors (Lipinski definition) is 3. The highest BCUT2D eigenvalue weighted by Crippen LogP contribution is 2.30. The van der Waals surface area contributed by atoms with Gasteiger partial charge >= 0.3 is 5.97 Å². The summed E-state index contributed by atoms with van der Waals surface area (Å²) in [5, 5.41) is 0. The molecule has 0 aliphatic carbocycles. The minimum absolute atomic E-state index is 0.267. The number of hydrogen-bond donors (Lipinski definition) is 1. The number of fused-ring (bicyclic) bond motifs is 1.